The van der Waals surface area contributed by atoms with Crippen LogP contribution in [-0.4, -0.2) is 24.6 Å². The van der Waals surface area contributed by atoms with Gasteiger partial charge >= 0.3 is 6.18 Å². The molecule has 0 radical (unpaired) electrons. The highest BCUT2D eigenvalue weighted by molar-refractivity contribution is 5.24. The fourth-order valence-electron chi connectivity index (χ4n) is 1.35. The van der Waals surface area contributed by atoms with Crippen molar-refractivity contribution < 1.29 is 23.0 Å². The first-order valence-corrected chi connectivity index (χ1v) is 5.19. The van der Waals surface area contributed by atoms with Gasteiger partial charge in [0.15, 0.2) is 0 Å². The predicted octanol–water partition coefficient (Wildman–Crippen LogP) is 1.26. The first kappa shape index (κ1) is 14.9. The molecule has 0 heterocycles. The van der Waals surface area contributed by atoms with Crippen LogP contribution in [0.2, 0.25) is 0 Å². The minimum absolute atomic E-state index is 0.411. The summed E-state index contributed by atoms with van der Waals surface area (Å²) in [4.78, 5) is 0. The molecule has 2 atom stereocenters. The summed E-state index contributed by atoms with van der Waals surface area (Å²) >= 11 is 0. The van der Waals surface area contributed by atoms with Gasteiger partial charge in [0.2, 0.25) is 6.23 Å². The van der Waals surface area contributed by atoms with Gasteiger partial charge in [-0.15, -0.1) is 0 Å². The highest BCUT2D eigenvalue weighted by atomic mass is 19.4. The molecular formula is C11H15F3N2O2. The Morgan fingerprint density at radius 3 is 2.33 bits per heavy atom. The van der Waals surface area contributed by atoms with Crippen molar-refractivity contribution >= 4 is 0 Å². The van der Waals surface area contributed by atoms with E-state index >= 15 is 0 Å². The summed E-state index contributed by atoms with van der Waals surface area (Å²) in [7, 11) is 1.54. The molecule has 2 unspecified atom stereocenters. The number of aliphatic hydroxyl groups is 1. The zero-order valence-corrected chi connectivity index (χ0v) is 9.74. The number of halogens is 3. The summed E-state index contributed by atoms with van der Waals surface area (Å²) in [6.45, 7) is 0.411. The molecule has 0 saturated carbocycles. The molecule has 1 aromatic rings. The van der Waals surface area contributed by atoms with Gasteiger partial charge in [-0.2, -0.15) is 13.2 Å². The first-order valence-electron chi connectivity index (χ1n) is 5.19. The predicted molar refractivity (Wildman–Crippen MR) is 59.3 cm³/mol. The van der Waals surface area contributed by atoms with Gasteiger partial charge in [0, 0.05) is 7.11 Å². The van der Waals surface area contributed by atoms with Crippen LogP contribution in [0.25, 0.3) is 0 Å². The Morgan fingerprint density at radius 2 is 1.89 bits per heavy atom. The number of ether oxygens (including phenoxy) is 1. The SMILES string of the molecule is COCc1ccc(C(N)NC(O)C(F)(F)F)cc1. The Bertz CT molecular complexity index is 368. The lowest BCUT2D eigenvalue weighted by Crippen LogP contribution is -2.46. The third-order valence-corrected chi connectivity index (χ3v) is 2.30. The smallest absolute Gasteiger partial charge is 0.380 e. The van der Waals surface area contributed by atoms with Crippen LogP contribution < -0.4 is 11.1 Å². The molecule has 4 N–H and O–H groups in total. The monoisotopic (exact) mass is 264 g/mol. The lowest BCUT2D eigenvalue weighted by molar-refractivity contribution is -0.216. The van der Waals surface area contributed by atoms with E-state index in [9.17, 15) is 13.2 Å². The quantitative estimate of drug-likeness (QED) is 0.700. The van der Waals surface area contributed by atoms with Gasteiger partial charge in [0.25, 0.3) is 0 Å². The van der Waals surface area contributed by atoms with Gasteiger partial charge in [-0.1, -0.05) is 24.3 Å². The number of hydrogen-bond acceptors (Lipinski definition) is 4. The Hall–Kier alpha value is -1.15. The molecule has 18 heavy (non-hydrogen) atoms. The third kappa shape index (κ3) is 4.26. The maximum absolute atomic E-state index is 12.1. The molecule has 0 amide bonds. The number of nitrogens with one attached hydrogen (secondary N) is 1. The lowest BCUT2D eigenvalue weighted by atomic mass is 10.1. The van der Waals surface area contributed by atoms with E-state index in [4.69, 9.17) is 15.6 Å². The van der Waals surface area contributed by atoms with E-state index in [-0.39, 0.29) is 0 Å². The number of alkyl halides is 3. The van der Waals surface area contributed by atoms with Crippen molar-refractivity contribution in [3.8, 4) is 0 Å². The number of hydrogen-bond donors (Lipinski definition) is 3. The van der Waals surface area contributed by atoms with Gasteiger partial charge in [-0.05, 0) is 11.1 Å². The van der Waals surface area contributed by atoms with E-state index in [0.29, 0.717) is 12.2 Å². The van der Waals surface area contributed by atoms with Crippen molar-refractivity contribution in [3.63, 3.8) is 0 Å². The topological polar surface area (TPSA) is 67.5 Å². The maximum atomic E-state index is 12.1. The van der Waals surface area contributed by atoms with Crippen LogP contribution in [0.4, 0.5) is 13.2 Å². The number of aliphatic hydroxyl groups excluding tert-OH is 1. The third-order valence-electron chi connectivity index (χ3n) is 2.30. The molecule has 0 aliphatic carbocycles. The second-order valence-electron chi connectivity index (χ2n) is 3.76. The fourth-order valence-corrected chi connectivity index (χ4v) is 1.35. The van der Waals surface area contributed by atoms with Gasteiger partial charge in [-0.3, -0.25) is 5.32 Å². The van der Waals surface area contributed by atoms with Crippen LogP contribution in [0.1, 0.15) is 17.3 Å². The highest BCUT2D eigenvalue weighted by Crippen LogP contribution is 2.20. The van der Waals surface area contributed by atoms with Crippen LogP contribution >= 0.6 is 0 Å². The van der Waals surface area contributed by atoms with Crippen molar-refractivity contribution in [1.29, 1.82) is 0 Å². The van der Waals surface area contributed by atoms with E-state index in [2.05, 4.69) is 0 Å². The Labute approximate surface area is 103 Å². The Balaban J connectivity index is 2.64. The van der Waals surface area contributed by atoms with Crippen LogP contribution in [0.3, 0.4) is 0 Å². The minimum atomic E-state index is -4.74. The fraction of sp³-hybridized carbons (Fsp3) is 0.455. The lowest BCUT2D eigenvalue weighted by Gasteiger charge is -2.21. The van der Waals surface area contributed by atoms with Crippen LogP contribution in [0.15, 0.2) is 24.3 Å². The molecule has 0 spiro atoms. The van der Waals surface area contributed by atoms with Crippen molar-refractivity contribution in [1.82, 2.24) is 5.32 Å². The van der Waals surface area contributed by atoms with E-state index in [1.54, 1.807) is 31.4 Å². The number of rotatable bonds is 5. The zero-order valence-electron chi connectivity index (χ0n) is 9.74. The second kappa shape index (κ2) is 6.14. The molecule has 1 rings (SSSR count). The molecule has 1 aromatic carbocycles. The Morgan fingerprint density at radius 1 is 1.33 bits per heavy atom. The van der Waals surface area contributed by atoms with E-state index < -0.39 is 18.6 Å². The summed E-state index contributed by atoms with van der Waals surface area (Å²) in [6.07, 6.45) is -8.49. The van der Waals surface area contributed by atoms with Gasteiger partial charge < -0.3 is 15.6 Å². The molecule has 0 saturated heterocycles. The molecule has 0 aromatic heterocycles. The molecule has 7 heteroatoms. The number of benzene rings is 1. The number of nitrogens with two attached hydrogens (primary N) is 1. The van der Waals surface area contributed by atoms with Gasteiger partial charge in [0.1, 0.15) is 0 Å². The van der Waals surface area contributed by atoms with Crippen LogP contribution in [0.5, 0.6) is 0 Å². The van der Waals surface area contributed by atoms with Crippen molar-refractivity contribution in [3.05, 3.63) is 35.4 Å². The molecule has 0 aliphatic heterocycles. The standard InChI is InChI=1S/C11H15F3N2O2/c1-18-6-7-2-4-8(5-3-7)9(15)16-10(17)11(12,13)14/h2-5,9-10,16-17H,6,15H2,1H3. The molecular weight excluding hydrogens is 249 g/mol. The summed E-state index contributed by atoms with van der Waals surface area (Å²) in [5.74, 6) is 0. The summed E-state index contributed by atoms with van der Waals surface area (Å²) < 4.78 is 41.2. The number of methoxy groups -OCH3 is 1. The summed E-state index contributed by atoms with van der Waals surface area (Å²) in [6, 6.07) is 6.55. The second-order valence-corrected chi connectivity index (χ2v) is 3.76. The molecule has 102 valence electrons. The first-order chi connectivity index (χ1) is 8.34. The van der Waals surface area contributed by atoms with Gasteiger partial charge in [0.05, 0.1) is 12.8 Å². The van der Waals surface area contributed by atoms with E-state index in [0.717, 1.165) is 5.56 Å². The van der Waals surface area contributed by atoms with Crippen molar-refractivity contribution in [2.24, 2.45) is 5.73 Å². The molecule has 0 fully saturated rings. The van der Waals surface area contributed by atoms with Gasteiger partial charge in [-0.25, -0.2) is 0 Å². The molecule has 0 aliphatic rings. The van der Waals surface area contributed by atoms with Crippen molar-refractivity contribution in [2.75, 3.05) is 7.11 Å². The van der Waals surface area contributed by atoms with E-state index in [1.807, 2.05) is 5.32 Å². The average molecular weight is 264 g/mol. The zero-order chi connectivity index (χ0) is 13.8. The Kier molecular flexibility index (Phi) is 5.09. The largest absolute Gasteiger partial charge is 0.428 e. The van der Waals surface area contributed by atoms with Crippen LogP contribution in [-0.2, 0) is 11.3 Å². The highest BCUT2D eigenvalue weighted by Gasteiger charge is 2.39. The minimum Gasteiger partial charge on any atom is -0.380 e. The van der Waals surface area contributed by atoms with E-state index in [1.165, 1.54) is 0 Å². The van der Waals surface area contributed by atoms with Crippen LogP contribution in [0, 0.1) is 0 Å². The summed E-state index contributed by atoms with van der Waals surface area (Å²) in [5, 5.41) is 10.7. The maximum Gasteiger partial charge on any atom is 0.428 e. The summed E-state index contributed by atoms with van der Waals surface area (Å²) in [5.41, 5.74) is 6.84. The normalized spacial score (nSPS) is 15.4. The van der Waals surface area contributed by atoms with Crippen molar-refractivity contribution in [2.45, 2.75) is 25.2 Å². The molecule has 0 bridgehead atoms. The average Bonchev–Trinajstić information content (AvgIpc) is 2.29. The molecule has 4 nitrogen and oxygen atoms in total.